The average molecular weight is 265 g/mol. The van der Waals surface area contributed by atoms with Gasteiger partial charge < -0.3 is 9.67 Å². The zero-order chi connectivity index (χ0) is 13.8. The van der Waals surface area contributed by atoms with Gasteiger partial charge in [-0.1, -0.05) is 19.4 Å². The first-order valence-electron chi connectivity index (χ1n) is 6.38. The van der Waals surface area contributed by atoms with E-state index < -0.39 is 17.7 Å². The molecule has 0 saturated carbocycles. The lowest BCUT2D eigenvalue weighted by molar-refractivity contribution is 0.166. The van der Waals surface area contributed by atoms with E-state index in [1.807, 2.05) is 30.0 Å². The summed E-state index contributed by atoms with van der Waals surface area (Å²) in [7, 11) is 0. The van der Waals surface area contributed by atoms with Crippen molar-refractivity contribution in [2.75, 3.05) is 0 Å². The van der Waals surface area contributed by atoms with Gasteiger partial charge in [-0.3, -0.25) is 0 Å². The largest absolute Gasteiger partial charge is 0.388 e. The van der Waals surface area contributed by atoms with Crippen LogP contribution in [0.25, 0.3) is 0 Å². The van der Waals surface area contributed by atoms with E-state index >= 15 is 0 Å². The van der Waals surface area contributed by atoms with Crippen molar-refractivity contribution in [3.63, 3.8) is 0 Å². The predicted octanol–water partition coefficient (Wildman–Crippen LogP) is 3.65. The third kappa shape index (κ3) is 3.41. The summed E-state index contributed by atoms with van der Waals surface area (Å²) >= 11 is 0. The molecule has 1 atom stereocenters. The van der Waals surface area contributed by atoms with Crippen LogP contribution in [-0.2, 0) is 6.54 Å². The molecule has 0 aliphatic carbocycles. The second kappa shape index (κ2) is 5.97. The molecule has 1 unspecified atom stereocenters. The fourth-order valence-electron chi connectivity index (χ4n) is 2.04. The van der Waals surface area contributed by atoms with E-state index in [-0.39, 0.29) is 0 Å². The first-order chi connectivity index (χ1) is 9.10. The van der Waals surface area contributed by atoms with E-state index in [1.54, 1.807) is 6.07 Å². The van der Waals surface area contributed by atoms with Crippen LogP contribution in [0.4, 0.5) is 8.78 Å². The van der Waals surface area contributed by atoms with Gasteiger partial charge in [-0.05, 0) is 35.7 Å². The second-order valence-electron chi connectivity index (χ2n) is 4.67. The highest BCUT2D eigenvalue weighted by molar-refractivity contribution is 5.20. The Kier molecular flexibility index (Phi) is 4.32. The molecule has 0 amide bonds. The summed E-state index contributed by atoms with van der Waals surface area (Å²) in [5.41, 5.74) is 1.54. The van der Waals surface area contributed by atoms with Gasteiger partial charge in [0.05, 0.1) is 6.10 Å². The molecule has 1 heterocycles. The Bertz CT molecular complexity index is 551. The van der Waals surface area contributed by atoms with Crippen molar-refractivity contribution in [1.82, 2.24) is 4.57 Å². The van der Waals surface area contributed by atoms with Crippen molar-refractivity contribution < 1.29 is 13.9 Å². The molecule has 2 rings (SSSR count). The monoisotopic (exact) mass is 265 g/mol. The number of aliphatic hydroxyl groups excluding tert-OH is 1. The molecule has 2 aromatic rings. The molecule has 0 radical (unpaired) electrons. The van der Waals surface area contributed by atoms with Crippen molar-refractivity contribution in [2.45, 2.75) is 32.4 Å². The molecule has 4 heteroatoms. The summed E-state index contributed by atoms with van der Waals surface area (Å²) < 4.78 is 27.8. The summed E-state index contributed by atoms with van der Waals surface area (Å²) in [5.74, 6) is -1.67. The lowest BCUT2D eigenvalue weighted by Crippen LogP contribution is -1.99. The van der Waals surface area contributed by atoms with Crippen LogP contribution in [0, 0.1) is 11.6 Å². The van der Waals surface area contributed by atoms with Crippen LogP contribution >= 0.6 is 0 Å². The second-order valence-corrected chi connectivity index (χ2v) is 4.67. The third-order valence-corrected chi connectivity index (χ3v) is 3.07. The quantitative estimate of drug-likeness (QED) is 0.877. The molecule has 0 bridgehead atoms. The lowest BCUT2D eigenvalue weighted by atomic mass is 10.1. The number of aromatic nitrogens is 1. The Labute approximate surface area is 111 Å². The van der Waals surface area contributed by atoms with Crippen LogP contribution in [0.2, 0.25) is 0 Å². The Morgan fingerprint density at radius 2 is 2.00 bits per heavy atom. The fourth-order valence-corrected chi connectivity index (χ4v) is 2.04. The molecule has 1 aromatic heterocycles. The van der Waals surface area contributed by atoms with Gasteiger partial charge >= 0.3 is 0 Å². The van der Waals surface area contributed by atoms with Crippen molar-refractivity contribution in [3.8, 4) is 0 Å². The number of hydrogen-bond acceptors (Lipinski definition) is 1. The number of benzene rings is 1. The summed E-state index contributed by atoms with van der Waals surface area (Å²) in [6.07, 6.45) is 4.83. The standard InChI is InChI=1S/C15H17F2NO/c1-2-3-15(19)12-6-7-18(10-12)9-11-4-5-13(16)14(17)8-11/h4-8,10,15,19H,2-3,9H2,1H3. The van der Waals surface area contributed by atoms with Crippen molar-refractivity contribution >= 4 is 0 Å². The van der Waals surface area contributed by atoms with Crippen LogP contribution < -0.4 is 0 Å². The Morgan fingerprint density at radius 1 is 1.21 bits per heavy atom. The predicted molar refractivity (Wildman–Crippen MR) is 69.8 cm³/mol. The highest BCUT2D eigenvalue weighted by atomic mass is 19.2. The molecule has 102 valence electrons. The average Bonchev–Trinajstić information content (AvgIpc) is 2.83. The van der Waals surface area contributed by atoms with E-state index in [9.17, 15) is 13.9 Å². The van der Waals surface area contributed by atoms with Gasteiger partial charge in [-0.25, -0.2) is 8.78 Å². The van der Waals surface area contributed by atoms with Gasteiger partial charge in [0.1, 0.15) is 0 Å². The molecule has 2 nitrogen and oxygen atoms in total. The number of rotatable bonds is 5. The Balaban J connectivity index is 2.09. The SMILES string of the molecule is CCCC(O)c1ccn(Cc2ccc(F)c(F)c2)c1. The van der Waals surface area contributed by atoms with Gasteiger partial charge in [-0.2, -0.15) is 0 Å². The molecule has 19 heavy (non-hydrogen) atoms. The molecule has 0 aliphatic rings. The Morgan fingerprint density at radius 3 is 2.68 bits per heavy atom. The fraction of sp³-hybridized carbons (Fsp3) is 0.333. The van der Waals surface area contributed by atoms with Crippen molar-refractivity contribution in [3.05, 3.63) is 59.4 Å². The number of hydrogen-bond donors (Lipinski definition) is 1. The van der Waals surface area contributed by atoms with Crippen LogP contribution in [-0.4, -0.2) is 9.67 Å². The van der Waals surface area contributed by atoms with Crippen LogP contribution in [0.3, 0.4) is 0 Å². The highest BCUT2D eigenvalue weighted by Crippen LogP contribution is 2.19. The summed E-state index contributed by atoms with van der Waals surface area (Å²) in [6.45, 7) is 2.47. The normalized spacial score (nSPS) is 12.6. The van der Waals surface area contributed by atoms with Gasteiger partial charge in [-0.15, -0.1) is 0 Å². The molecular formula is C15H17F2NO. The maximum absolute atomic E-state index is 13.1. The van der Waals surface area contributed by atoms with Crippen molar-refractivity contribution in [1.29, 1.82) is 0 Å². The molecule has 1 aromatic carbocycles. The van der Waals surface area contributed by atoms with E-state index in [0.29, 0.717) is 12.1 Å². The molecule has 1 N–H and O–H groups in total. The van der Waals surface area contributed by atoms with Crippen LogP contribution in [0.1, 0.15) is 37.0 Å². The molecule has 0 spiro atoms. The topological polar surface area (TPSA) is 25.2 Å². The first kappa shape index (κ1) is 13.7. The first-order valence-corrected chi connectivity index (χ1v) is 6.38. The minimum absolute atomic E-state index is 0.454. The Hall–Kier alpha value is -1.68. The maximum Gasteiger partial charge on any atom is 0.159 e. The van der Waals surface area contributed by atoms with Gasteiger partial charge in [0, 0.05) is 18.9 Å². The number of aliphatic hydroxyl groups is 1. The third-order valence-electron chi connectivity index (χ3n) is 3.07. The van der Waals surface area contributed by atoms with E-state index in [2.05, 4.69) is 0 Å². The smallest absolute Gasteiger partial charge is 0.159 e. The maximum atomic E-state index is 13.1. The molecular weight excluding hydrogens is 248 g/mol. The van der Waals surface area contributed by atoms with E-state index in [0.717, 1.165) is 24.5 Å². The van der Waals surface area contributed by atoms with Crippen LogP contribution in [0.5, 0.6) is 0 Å². The summed E-state index contributed by atoms with van der Waals surface area (Å²) in [4.78, 5) is 0. The number of halogens is 2. The molecule has 0 fully saturated rings. The zero-order valence-corrected chi connectivity index (χ0v) is 10.8. The lowest BCUT2D eigenvalue weighted by Gasteiger charge is -2.07. The zero-order valence-electron chi connectivity index (χ0n) is 10.8. The minimum atomic E-state index is -0.838. The van der Waals surface area contributed by atoms with E-state index in [4.69, 9.17) is 0 Å². The van der Waals surface area contributed by atoms with Gasteiger partial charge in [0.25, 0.3) is 0 Å². The summed E-state index contributed by atoms with van der Waals surface area (Å²) in [5, 5.41) is 9.86. The van der Waals surface area contributed by atoms with Gasteiger partial charge in [0.15, 0.2) is 11.6 Å². The minimum Gasteiger partial charge on any atom is -0.388 e. The summed E-state index contributed by atoms with van der Waals surface area (Å²) in [6, 6.07) is 5.72. The van der Waals surface area contributed by atoms with Crippen LogP contribution in [0.15, 0.2) is 36.7 Å². The van der Waals surface area contributed by atoms with Crippen molar-refractivity contribution in [2.24, 2.45) is 0 Å². The van der Waals surface area contributed by atoms with Gasteiger partial charge in [0.2, 0.25) is 0 Å². The molecule has 0 saturated heterocycles. The number of nitrogens with zero attached hydrogens (tertiary/aromatic N) is 1. The van der Waals surface area contributed by atoms with E-state index in [1.165, 1.54) is 6.07 Å². The highest BCUT2D eigenvalue weighted by Gasteiger charge is 2.08. The molecule has 0 aliphatic heterocycles.